The highest BCUT2D eigenvalue weighted by Crippen LogP contribution is 2.46. The fourth-order valence-corrected chi connectivity index (χ4v) is 6.66. The number of anilines is 1. The number of nitrogens with two attached hydrogens (primary N) is 1. The van der Waals surface area contributed by atoms with Crippen LogP contribution in [0.4, 0.5) is 19.0 Å². The zero-order valence-electron chi connectivity index (χ0n) is 27.0. The third kappa shape index (κ3) is 9.01. The number of hydrogen-bond acceptors (Lipinski definition) is 9. The molecule has 0 aliphatic rings. The number of para-hydroxylation sites is 1. The Hall–Kier alpha value is -3.71. The first-order valence-corrected chi connectivity index (χ1v) is 17.0. The summed E-state index contributed by atoms with van der Waals surface area (Å²) in [5.74, 6) is 0.0739. The SMILES string of the molecule is CCC[C@H](CCO[P@](=O)(N[C@@H](C)C(=O)OC(C)C)Oc1ccc(C(F)(F)F)cc1)n1c(COCC)nc2c(N)nc3ccccc3c21. The predicted molar refractivity (Wildman–Crippen MR) is 173 cm³/mol. The van der Waals surface area contributed by atoms with Crippen molar-refractivity contribution >= 4 is 41.5 Å². The number of hydrogen-bond donors (Lipinski definition) is 2. The van der Waals surface area contributed by atoms with E-state index < -0.39 is 37.6 Å². The van der Waals surface area contributed by atoms with Gasteiger partial charge in [0.15, 0.2) is 5.82 Å². The number of ether oxygens (including phenoxy) is 2. The highest BCUT2D eigenvalue weighted by Gasteiger charge is 2.34. The van der Waals surface area contributed by atoms with E-state index in [0.717, 1.165) is 41.6 Å². The molecule has 0 unspecified atom stereocenters. The van der Waals surface area contributed by atoms with E-state index in [2.05, 4.69) is 14.6 Å². The molecule has 0 aliphatic heterocycles. The van der Waals surface area contributed by atoms with Gasteiger partial charge in [-0.05, 0) is 70.9 Å². The standard InChI is InChI=1S/C32H41F3N5O6P/c1-6-10-23(40-27(19-43-7-2)38-28-29(40)25-11-8-9-12-26(25)37-30(28)36)17-18-44-47(42,39-21(5)31(41)45-20(3)4)46-24-15-13-22(14-16-24)32(33,34)35/h8-9,11-16,20-21,23H,6-7,10,17-19H2,1-5H3,(H2,36,37)(H,39,42)/t21-,23+,47+/m0/s1. The van der Waals surface area contributed by atoms with Crippen LogP contribution in [0.2, 0.25) is 0 Å². The molecule has 2 heterocycles. The average Bonchev–Trinajstić information content (AvgIpc) is 3.39. The molecule has 0 bridgehead atoms. The molecular formula is C32H41F3N5O6P. The molecule has 15 heteroatoms. The molecule has 0 saturated carbocycles. The number of nitrogen functional groups attached to an aromatic ring is 1. The Kier molecular flexibility index (Phi) is 11.9. The summed E-state index contributed by atoms with van der Waals surface area (Å²) in [5.41, 5.74) is 7.48. The van der Waals surface area contributed by atoms with Crippen LogP contribution >= 0.6 is 7.75 Å². The van der Waals surface area contributed by atoms with Gasteiger partial charge in [0.2, 0.25) is 0 Å². The van der Waals surface area contributed by atoms with Gasteiger partial charge in [0.25, 0.3) is 0 Å². The first-order valence-electron chi connectivity index (χ1n) is 15.5. The van der Waals surface area contributed by atoms with E-state index in [-0.39, 0.29) is 30.8 Å². The lowest BCUT2D eigenvalue weighted by Gasteiger charge is -2.26. The van der Waals surface area contributed by atoms with Gasteiger partial charge >= 0.3 is 19.9 Å². The number of benzene rings is 2. The van der Waals surface area contributed by atoms with Gasteiger partial charge in [0, 0.05) is 18.0 Å². The number of carbonyl (C=O) groups excluding carboxylic acids is 1. The van der Waals surface area contributed by atoms with Crippen LogP contribution in [0.25, 0.3) is 21.9 Å². The largest absolute Gasteiger partial charge is 0.462 e. The van der Waals surface area contributed by atoms with E-state index in [1.807, 2.05) is 38.1 Å². The predicted octanol–water partition coefficient (Wildman–Crippen LogP) is 7.59. The summed E-state index contributed by atoms with van der Waals surface area (Å²) in [6, 6.07) is 9.94. The number of nitrogens with one attached hydrogen (secondary N) is 1. The molecule has 0 aliphatic carbocycles. The second-order valence-corrected chi connectivity index (χ2v) is 13.0. The summed E-state index contributed by atoms with van der Waals surface area (Å²) >= 11 is 0. The minimum atomic E-state index is -4.56. The van der Waals surface area contributed by atoms with Crippen molar-refractivity contribution in [3.8, 4) is 5.75 Å². The number of carbonyl (C=O) groups is 1. The van der Waals surface area contributed by atoms with E-state index >= 15 is 0 Å². The molecule has 11 nitrogen and oxygen atoms in total. The summed E-state index contributed by atoms with van der Waals surface area (Å²) in [5, 5.41) is 3.43. The minimum Gasteiger partial charge on any atom is -0.462 e. The summed E-state index contributed by atoms with van der Waals surface area (Å²) < 4.78 is 78.0. The van der Waals surface area contributed by atoms with Crippen molar-refractivity contribution in [2.75, 3.05) is 18.9 Å². The Morgan fingerprint density at radius 2 is 1.74 bits per heavy atom. The minimum absolute atomic E-state index is 0.117. The Morgan fingerprint density at radius 3 is 2.38 bits per heavy atom. The van der Waals surface area contributed by atoms with Gasteiger partial charge < -0.3 is 24.3 Å². The van der Waals surface area contributed by atoms with Crippen LogP contribution in [-0.2, 0) is 36.1 Å². The monoisotopic (exact) mass is 679 g/mol. The number of fused-ring (bicyclic) bond motifs is 3. The van der Waals surface area contributed by atoms with Crippen LogP contribution in [-0.4, -0.2) is 45.9 Å². The quantitative estimate of drug-likeness (QED) is 0.0899. The van der Waals surface area contributed by atoms with E-state index in [4.69, 9.17) is 29.2 Å². The van der Waals surface area contributed by atoms with Gasteiger partial charge in [-0.3, -0.25) is 9.32 Å². The molecule has 0 spiro atoms. The van der Waals surface area contributed by atoms with Gasteiger partial charge in [-0.25, -0.2) is 14.5 Å². The van der Waals surface area contributed by atoms with Crippen LogP contribution < -0.4 is 15.3 Å². The van der Waals surface area contributed by atoms with Gasteiger partial charge in [-0.1, -0.05) is 31.5 Å². The lowest BCUT2D eigenvalue weighted by Crippen LogP contribution is -2.36. The van der Waals surface area contributed by atoms with E-state index in [1.54, 1.807) is 13.8 Å². The molecule has 0 fully saturated rings. The van der Waals surface area contributed by atoms with E-state index in [9.17, 15) is 22.5 Å². The van der Waals surface area contributed by atoms with Gasteiger partial charge in [-0.15, -0.1) is 0 Å². The van der Waals surface area contributed by atoms with Crippen LogP contribution in [0.5, 0.6) is 5.75 Å². The van der Waals surface area contributed by atoms with E-state index in [0.29, 0.717) is 36.3 Å². The van der Waals surface area contributed by atoms with Gasteiger partial charge in [0.1, 0.15) is 29.7 Å². The molecule has 4 rings (SSSR count). The van der Waals surface area contributed by atoms with Crippen molar-refractivity contribution < 1.29 is 41.1 Å². The number of halogens is 3. The van der Waals surface area contributed by atoms with Crippen molar-refractivity contribution in [2.45, 2.75) is 84.9 Å². The smallest absolute Gasteiger partial charge is 0.459 e. The lowest BCUT2D eigenvalue weighted by molar-refractivity contribution is -0.149. The highest BCUT2D eigenvalue weighted by atomic mass is 31.2. The molecule has 47 heavy (non-hydrogen) atoms. The number of nitrogens with zero attached hydrogens (tertiary/aromatic N) is 3. The zero-order valence-corrected chi connectivity index (χ0v) is 27.9. The van der Waals surface area contributed by atoms with Gasteiger partial charge in [0.05, 0.1) is 29.3 Å². The molecule has 2 aromatic heterocycles. The van der Waals surface area contributed by atoms with Gasteiger partial charge in [-0.2, -0.15) is 18.3 Å². The fraction of sp³-hybridized carbons (Fsp3) is 0.469. The van der Waals surface area contributed by atoms with Crippen LogP contribution in [0.3, 0.4) is 0 Å². The molecule has 3 atom stereocenters. The zero-order chi connectivity index (χ0) is 34.4. The molecule has 0 amide bonds. The second-order valence-electron chi connectivity index (χ2n) is 11.3. The number of esters is 1. The maximum absolute atomic E-state index is 14.1. The average molecular weight is 680 g/mol. The Balaban J connectivity index is 1.66. The Labute approximate surface area is 271 Å². The lowest BCUT2D eigenvalue weighted by atomic mass is 10.1. The number of aromatic nitrogens is 3. The van der Waals surface area contributed by atoms with Crippen LogP contribution in [0.1, 0.15) is 71.3 Å². The maximum Gasteiger partial charge on any atom is 0.459 e. The normalized spacial score (nSPS) is 14.7. The Bertz CT molecular complexity index is 1710. The second kappa shape index (κ2) is 15.5. The van der Waals surface area contributed by atoms with Crippen molar-refractivity contribution in [1.29, 1.82) is 0 Å². The number of pyridine rings is 1. The van der Waals surface area contributed by atoms with Crippen LogP contribution in [0.15, 0.2) is 48.5 Å². The number of rotatable bonds is 16. The maximum atomic E-state index is 14.1. The molecule has 4 aromatic rings. The summed E-state index contributed by atoms with van der Waals surface area (Å²) in [4.78, 5) is 21.9. The third-order valence-electron chi connectivity index (χ3n) is 7.23. The molecule has 3 N–H and O–H groups in total. The highest BCUT2D eigenvalue weighted by molar-refractivity contribution is 7.52. The first-order chi connectivity index (χ1) is 22.3. The summed E-state index contributed by atoms with van der Waals surface area (Å²) in [6.45, 7) is 9.24. The summed E-state index contributed by atoms with van der Waals surface area (Å²) in [6.07, 6.45) is -3.22. The van der Waals surface area contributed by atoms with Crippen molar-refractivity contribution in [3.63, 3.8) is 0 Å². The fourth-order valence-electron chi connectivity index (χ4n) is 5.16. The number of alkyl halides is 3. The third-order valence-corrected chi connectivity index (χ3v) is 8.90. The van der Waals surface area contributed by atoms with E-state index in [1.165, 1.54) is 6.92 Å². The molecule has 2 aromatic carbocycles. The van der Waals surface area contributed by atoms with Crippen molar-refractivity contribution in [3.05, 3.63) is 59.9 Å². The molecule has 0 radical (unpaired) electrons. The first kappa shape index (κ1) is 36.1. The number of imidazole rings is 1. The molecule has 256 valence electrons. The Morgan fingerprint density at radius 1 is 1.04 bits per heavy atom. The molecule has 0 saturated heterocycles. The molecular weight excluding hydrogens is 638 g/mol. The van der Waals surface area contributed by atoms with Crippen LogP contribution in [0, 0.1) is 0 Å². The summed E-state index contributed by atoms with van der Waals surface area (Å²) in [7, 11) is -4.34. The van der Waals surface area contributed by atoms with Crippen molar-refractivity contribution in [1.82, 2.24) is 19.6 Å². The topological polar surface area (TPSA) is 140 Å². The van der Waals surface area contributed by atoms with Crippen molar-refractivity contribution in [2.24, 2.45) is 0 Å².